The van der Waals surface area contributed by atoms with Crippen LogP contribution < -0.4 is 5.32 Å². The van der Waals surface area contributed by atoms with E-state index in [0.29, 0.717) is 26.2 Å². The molecule has 24 heavy (non-hydrogen) atoms. The Labute approximate surface area is 142 Å². The molecule has 6 heteroatoms. The van der Waals surface area contributed by atoms with E-state index in [0.717, 1.165) is 37.2 Å². The van der Waals surface area contributed by atoms with E-state index in [-0.39, 0.29) is 17.9 Å². The van der Waals surface area contributed by atoms with Crippen LogP contribution in [-0.4, -0.2) is 67.0 Å². The fourth-order valence-electron chi connectivity index (χ4n) is 3.21. The van der Waals surface area contributed by atoms with Crippen molar-refractivity contribution in [3.8, 4) is 0 Å². The largest absolute Gasteiger partial charge is 0.368 e. The van der Waals surface area contributed by atoms with Gasteiger partial charge in [0, 0.05) is 38.5 Å². The van der Waals surface area contributed by atoms with E-state index >= 15 is 0 Å². The molecule has 0 radical (unpaired) electrons. The lowest BCUT2D eigenvalue weighted by Gasteiger charge is -2.35. The van der Waals surface area contributed by atoms with Crippen LogP contribution in [0.25, 0.3) is 0 Å². The van der Waals surface area contributed by atoms with Crippen molar-refractivity contribution in [3.63, 3.8) is 0 Å². The van der Waals surface area contributed by atoms with Crippen LogP contribution in [0.3, 0.4) is 0 Å². The van der Waals surface area contributed by atoms with Crippen molar-refractivity contribution in [2.24, 2.45) is 0 Å². The van der Waals surface area contributed by atoms with Crippen LogP contribution in [0.2, 0.25) is 0 Å². The molecule has 0 saturated carbocycles. The Morgan fingerprint density at radius 2 is 1.96 bits per heavy atom. The summed E-state index contributed by atoms with van der Waals surface area (Å²) in [5, 5.41) is 2.96. The lowest BCUT2D eigenvalue weighted by Crippen LogP contribution is -2.52. The molecule has 2 heterocycles. The Hall–Kier alpha value is -1.92. The molecular formula is C18H25N3O3. The van der Waals surface area contributed by atoms with Crippen LogP contribution in [0.1, 0.15) is 18.4 Å². The van der Waals surface area contributed by atoms with E-state index in [1.807, 2.05) is 36.1 Å². The topological polar surface area (TPSA) is 61.9 Å². The number of hydrogen-bond acceptors (Lipinski definition) is 4. The summed E-state index contributed by atoms with van der Waals surface area (Å²) < 4.78 is 5.47. The Bertz CT molecular complexity index is 591. The molecule has 1 N–H and O–H groups in total. The SMILES string of the molecule is Cc1ccccc1NC(=O)CN1CCN(C(=O)C2CCCO2)CC1. The fourth-order valence-corrected chi connectivity index (χ4v) is 3.21. The second-order valence-electron chi connectivity index (χ2n) is 6.47. The minimum atomic E-state index is -0.249. The quantitative estimate of drug-likeness (QED) is 0.902. The number of anilines is 1. The van der Waals surface area contributed by atoms with Gasteiger partial charge >= 0.3 is 0 Å². The number of piperazine rings is 1. The minimum absolute atomic E-state index is 0.0109. The van der Waals surface area contributed by atoms with Crippen LogP contribution in [0.4, 0.5) is 5.69 Å². The minimum Gasteiger partial charge on any atom is -0.368 e. The van der Waals surface area contributed by atoms with E-state index in [4.69, 9.17) is 4.74 Å². The predicted octanol–water partition coefficient (Wildman–Crippen LogP) is 1.26. The Kier molecular flexibility index (Phi) is 5.48. The molecule has 130 valence electrons. The normalized spacial score (nSPS) is 21.7. The third-order valence-electron chi connectivity index (χ3n) is 4.68. The number of amides is 2. The van der Waals surface area contributed by atoms with Crippen molar-refractivity contribution in [3.05, 3.63) is 29.8 Å². The molecule has 1 aromatic carbocycles. The highest BCUT2D eigenvalue weighted by molar-refractivity contribution is 5.93. The zero-order valence-electron chi connectivity index (χ0n) is 14.2. The number of ether oxygens (including phenoxy) is 1. The third-order valence-corrected chi connectivity index (χ3v) is 4.68. The summed E-state index contributed by atoms with van der Waals surface area (Å²) in [4.78, 5) is 28.5. The first kappa shape index (κ1) is 16.9. The molecule has 0 aromatic heterocycles. The molecule has 2 aliphatic rings. The standard InChI is InChI=1S/C18H25N3O3/c1-14-5-2-3-6-15(14)19-17(22)13-20-8-10-21(11-9-20)18(23)16-7-4-12-24-16/h2-3,5-6,16H,4,7-13H2,1H3,(H,19,22). The van der Waals surface area contributed by atoms with Gasteiger partial charge in [-0.2, -0.15) is 0 Å². The molecule has 2 amide bonds. The highest BCUT2D eigenvalue weighted by Crippen LogP contribution is 2.16. The van der Waals surface area contributed by atoms with Crippen LogP contribution in [0.5, 0.6) is 0 Å². The van der Waals surface area contributed by atoms with Gasteiger partial charge in [-0.1, -0.05) is 18.2 Å². The van der Waals surface area contributed by atoms with E-state index in [9.17, 15) is 9.59 Å². The van der Waals surface area contributed by atoms with E-state index in [1.165, 1.54) is 0 Å². The molecule has 0 bridgehead atoms. The highest BCUT2D eigenvalue weighted by Gasteiger charge is 2.30. The molecule has 3 rings (SSSR count). The van der Waals surface area contributed by atoms with E-state index in [2.05, 4.69) is 10.2 Å². The Morgan fingerprint density at radius 3 is 2.62 bits per heavy atom. The van der Waals surface area contributed by atoms with Gasteiger partial charge in [-0.3, -0.25) is 14.5 Å². The number of nitrogens with zero attached hydrogens (tertiary/aromatic N) is 2. The van der Waals surface area contributed by atoms with Crippen molar-refractivity contribution in [1.82, 2.24) is 9.80 Å². The van der Waals surface area contributed by atoms with Crippen molar-refractivity contribution >= 4 is 17.5 Å². The molecule has 2 aliphatic heterocycles. The number of carbonyl (C=O) groups is 2. The zero-order valence-corrected chi connectivity index (χ0v) is 14.2. The molecule has 1 atom stereocenters. The summed E-state index contributed by atoms with van der Waals surface area (Å²) in [5.41, 5.74) is 1.91. The monoisotopic (exact) mass is 331 g/mol. The zero-order chi connectivity index (χ0) is 16.9. The summed E-state index contributed by atoms with van der Waals surface area (Å²) in [6.07, 6.45) is 1.55. The first-order valence-electron chi connectivity index (χ1n) is 8.62. The molecule has 0 spiro atoms. The first-order chi connectivity index (χ1) is 11.6. The van der Waals surface area contributed by atoms with Gasteiger partial charge < -0.3 is 15.0 Å². The van der Waals surface area contributed by atoms with Crippen LogP contribution in [0, 0.1) is 6.92 Å². The van der Waals surface area contributed by atoms with E-state index in [1.54, 1.807) is 0 Å². The van der Waals surface area contributed by atoms with Gasteiger partial charge in [0.05, 0.1) is 6.54 Å². The molecule has 0 aliphatic carbocycles. The lowest BCUT2D eigenvalue weighted by atomic mass is 10.2. The van der Waals surface area contributed by atoms with Crippen molar-refractivity contribution in [1.29, 1.82) is 0 Å². The van der Waals surface area contributed by atoms with Gasteiger partial charge in [0.15, 0.2) is 0 Å². The average molecular weight is 331 g/mol. The van der Waals surface area contributed by atoms with Crippen LogP contribution in [-0.2, 0) is 14.3 Å². The molecule has 2 fully saturated rings. The summed E-state index contributed by atoms with van der Waals surface area (Å²) in [5.74, 6) is 0.0970. The summed E-state index contributed by atoms with van der Waals surface area (Å²) in [7, 11) is 0. The maximum absolute atomic E-state index is 12.3. The summed E-state index contributed by atoms with van der Waals surface area (Å²) >= 11 is 0. The number of benzene rings is 1. The Balaban J connectivity index is 1.44. The molecule has 2 saturated heterocycles. The van der Waals surface area contributed by atoms with Crippen LogP contribution in [0.15, 0.2) is 24.3 Å². The van der Waals surface area contributed by atoms with Crippen molar-refractivity contribution < 1.29 is 14.3 Å². The summed E-state index contributed by atoms with van der Waals surface area (Å²) in [6, 6.07) is 7.75. The number of hydrogen-bond donors (Lipinski definition) is 1. The van der Waals surface area contributed by atoms with Crippen molar-refractivity contribution in [2.75, 3.05) is 44.6 Å². The molecule has 1 aromatic rings. The predicted molar refractivity (Wildman–Crippen MR) is 91.8 cm³/mol. The number of aryl methyl sites for hydroxylation is 1. The van der Waals surface area contributed by atoms with Gasteiger partial charge in [-0.05, 0) is 31.4 Å². The van der Waals surface area contributed by atoms with Gasteiger partial charge in [0.2, 0.25) is 5.91 Å². The molecule has 6 nitrogen and oxygen atoms in total. The number of rotatable bonds is 4. The van der Waals surface area contributed by atoms with Gasteiger partial charge in [0.1, 0.15) is 6.10 Å². The van der Waals surface area contributed by atoms with Gasteiger partial charge in [-0.25, -0.2) is 0 Å². The van der Waals surface area contributed by atoms with Crippen molar-refractivity contribution in [2.45, 2.75) is 25.9 Å². The summed E-state index contributed by atoms with van der Waals surface area (Å²) in [6.45, 7) is 5.79. The van der Waals surface area contributed by atoms with Crippen LogP contribution >= 0.6 is 0 Å². The molecule has 1 unspecified atom stereocenters. The number of carbonyl (C=O) groups excluding carboxylic acids is 2. The molecular weight excluding hydrogens is 306 g/mol. The lowest BCUT2D eigenvalue weighted by molar-refractivity contribution is -0.142. The van der Waals surface area contributed by atoms with E-state index < -0.39 is 0 Å². The average Bonchev–Trinajstić information content (AvgIpc) is 3.11. The smallest absolute Gasteiger partial charge is 0.251 e. The second-order valence-corrected chi connectivity index (χ2v) is 6.47. The van der Waals surface area contributed by atoms with Gasteiger partial charge in [-0.15, -0.1) is 0 Å². The maximum atomic E-state index is 12.3. The number of para-hydroxylation sites is 1. The third kappa shape index (κ3) is 4.13. The maximum Gasteiger partial charge on any atom is 0.251 e. The fraction of sp³-hybridized carbons (Fsp3) is 0.556. The highest BCUT2D eigenvalue weighted by atomic mass is 16.5. The second kappa shape index (κ2) is 7.77. The Morgan fingerprint density at radius 1 is 1.21 bits per heavy atom. The number of nitrogens with one attached hydrogen (secondary N) is 1. The first-order valence-corrected chi connectivity index (χ1v) is 8.62. The van der Waals surface area contributed by atoms with Gasteiger partial charge in [0.25, 0.3) is 5.91 Å².